The fourth-order valence-corrected chi connectivity index (χ4v) is 2.12. The lowest BCUT2D eigenvalue weighted by molar-refractivity contribution is -0.116. The van der Waals surface area contributed by atoms with Crippen molar-refractivity contribution in [3.63, 3.8) is 0 Å². The predicted molar refractivity (Wildman–Crippen MR) is 73.1 cm³/mol. The van der Waals surface area contributed by atoms with Gasteiger partial charge in [-0.05, 0) is 24.5 Å². The van der Waals surface area contributed by atoms with Gasteiger partial charge in [0.2, 0.25) is 5.91 Å². The summed E-state index contributed by atoms with van der Waals surface area (Å²) >= 11 is 0. The number of halogens is 1. The van der Waals surface area contributed by atoms with Crippen LogP contribution in [-0.2, 0) is 11.1 Å². The summed E-state index contributed by atoms with van der Waals surface area (Å²) in [6, 6.07) is 3.26. The highest BCUT2D eigenvalue weighted by molar-refractivity contribution is 6.08. The van der Waals surface area contributed by atoms with Crippen molar-refractivity contribution < 1.29 is 13.9 Å². The number of carbonyl (C=O) groups is 1. The fourth-order valence-electron chi connectivity index (χ4n) is 2.12. The minimum atomic E-state index is -0.493. The molecule has 1 heterocycles. The van der Waals surface area contributed by atoms with Crippen molar-refractivity contribution in [3.05, 3.63) is 23.5 Å². The van der Waals surface area contributed by atoms with Crippen molar-refractivity contribution in [1.82, 2.24) is 0 Å². The fraction of sp³-hybridized carbons (Fsp3) is 0.500. The molecule has 2 rings (SSSR count). The van der Waals surface area contributed by atoms with Crippen molar-refractivity contribution in [1.29, 1.82) is 0 Å². The second-order valence-corrected chi connectivity index (χ2v) is 4.68. The summed E-state index contributed by atoms with van der Waals surface area (Å²) in [6.07, 6.45) is 4.24. The number of amides is 1. The molecule has 0 atom stereocenters. The van der Waals surface area contributed by atoms with E-state index in [1.165, 1.54) is 0 Å². The molecular weight excluding hydrogens is 244 g/mol. The van der Waals surface area contributed by atoms with E-state index in [2.05, 4.69) is 5.32 Å². The van der Waals surface area contributed by atoms with Crippen LogP contribution in [0.3, 0.4) is 0 Å². The van der Waals surface area contributed by atoms with Crippen molar-refractivity contribution in [2.24, 2.45) is 0 Å². The normalized spacial score (nSPS) is 16.8. The zero-order valence-corrected chi connectivity index (χ0v) is 10.9. The van der Waals surface area contributed by atoms with E-state index in [0.29, 0.717) is 24.3 Å². The second-order valence-electron chi connectivity index (χ2n) is 4.68. The van der Waals surface area contributed by atoms with Gasteiger partial charge in [-0.1, -0.05) is 25.2 Å². The van der Waals surface area contributed by atoms with Gasteiger partial charge in [0.15, 0.2) is 5.82 Å². The topological polar surface area (TPSA) is 38.3 Å². The zero-order valence-electron chi connectivity index (χ0n) is 10.9. The van der Waals surface area contributed by atoms with Crippen LogP contribution in [-0.4, -0.2) is 20.4 Å². The molecule has 1 aliphatic rings. The lowest BCUT2D eigenvalue weighted by Crippen LogP contribution is -2.14. The number of anilines is 1. The van der Waals surface area contributed by atoms with Crippen molar-refractivity contribution in [2.75, 3.05) is 11.9 Å². The monoisotopic (exact) mass is 261 g/mol. The van der Waals surface area contributed by atoms with Crippen LogP contribution >= 0.6 is 0 Å². The summed E-state index contributed by atoms with van der Waals surface area (Å²) in [7, 11) is 5.48. The number of fused-ring (bicyclic) bond motifs is 1. The summed E-state index contributed by atoms with van der Waals surface area (Å²) < 4.78 is 19.8. The summed E-state index contributed by atoms with van der Waals surface area (Å²) in [5, 5.41) is 2.61. The molecule has 1 aliphatic heterocycles. The third kappa shape index (κ3) is 3.49. The van der Waals surface area contributed by atoms with Gasteiger partial charge in [-0.25, -0.2) is 4.39 Å². The molecule has 3 nitrogen and oxygen atoms in total. The van der Waals surface area contributed by atoms with Gasteiger partial charge in [-0.2, -0.15) is 0 Å². The summed E-state index contributed by atoms with van der Waals surface area (Å²) in [5.74, 6) is -0.294. The average molecular weight is 261 g/mol. The van der Waals surface area contributed by atoms with E-state index < -0.39 is 5.82 Å². The van der Waals surface area contributed by atoms with Gasteiger partial charge < -0.3 is 10.1 Å². The molecule has 5 heteroatoms. The van der Waals surface area contributed by atoms with Crippen LogP contribution in [0.4, 0.5) is 10.1 Å². The Labute approximate surface area is 113 Å². The van der Waals surface area contributed by atoms with E-state index in [0.717, 1.165) is 25.7 Å². The Kier molecular flexibility index (Phi) is 4.83. The predicted octanol–water partition coefficient (Wildman–Crippen LogP) is 2.78. The number of rotatable bonds is 1. The first-order valence-electron chi connectivity index (χ1n) is 6.66. The molecule has 2 radical (unpaired) electrons. The van der Waals surface area contributed by atoms with Crippen LogP contribution in [0.5, 0.6) is 5.75 Å². The standard InChI is InChI=1S/C14H17BFNO2/c15-9-10-6-7-11-14(13(10)16)17-12(18)5-3-1-2-4-8-19-11/h6-7H,1-5,8-9H2,(H,17,18). The molecular formula is C14H17BFNO2. The number of hydrogen-bond acceptors (Lipinski definition) is 2. The number of carbonyl (C=O) groups excluding carboxylic acids is 1. The lowest BCUT2D eigenvalue weighted by Gasteiger charge is -2.14. The van der Waals surface area contributed by atoms with Gasteiger partial charge in [0.05, 0.1) is 14.5 Å². The Morgan fingerprint density at radius 2 is 2.05 bits per heavy atom. The van der Waals surface area contributed by atoms with Gasteiger partial charge >= 0.3 is 0 Å². The Balaban J connectivity index is 2.32. The molecule has 0 aromatic heterocycles. The zero-order chi connectivity index (χ0) is 13.7. The van der Waals surface area contributed by atoms with E-state index in [1.807, 2.05) is 0 Å². The van der Waals surface area contributed by atoms with Gasteiger partial charge in [0.1, 0.15) is 11.4 Å². The van der Waals surface area contributed by atoms with Crippen molar-refractivity contribution in [3.8, 4) is 5.75 Å². The Hall–Kier alpha value is -1.52. The van der Waals surface area contributed by atoms with E-state index in [9.17, 15) is 9.18 Å². The highest BCUT2D eigenvalue weighted by Gasteiger charge is 2.16. The molecule has 1 aromatic rings. The van der Waals surface area contributed by atoms with Crippen LogP contribution in [0.15, 0.2) is 12.1 Å². The largest absolute Gasteiger partial charge is 0.491 e. The molecule has 100 valence electrons. The molecule has 19 heavy (non-hydrogen) atoms. The first kappa shape index (κ1) is 13.9. The molecule has 0 saturated carbocycles. The van der Waals surface area contributed by atoms with Crippen molar-refractivity contribution >= 4 is 19.4 Å². The van der Waals surface area contributed by atoms with Gasteiger partial charge in [0, 0.05) is 6.42 Å². The highest BCUT2D eigenvalue weighted by atomic mass is 19.1. The summed E-state index contributed by atoms with van der Waals surface area (Å²) in [4.78, 5) is 11.8. The van der Waals surface area contributed by atoms with Crippen LogP contribution in [0.1, 0.15) is 37.7 Å². The third-order valence-corrected chi connectivity index (χ3v) is 3.22. The second kappa shape index (κ2) is 6.59. The van der Waals surface area contributed by atoms with E-state index >= 15 is 0 Å². The van der Waals surface area contributed by atoms with E-state index in [4.69, 9.17) is 12.6 Å². The third-order valence-electron chi connectivity index (χ3n) is 3.22. The molecule has 0 bridgehead atoms. The van der Waals surface area contributed by atoms with Crippen LogP contribution in [0.2, 0.25) is 0 Å². The Morgan fingerprint density at radius 3 is 2.84 bits per heavy atom. The number of hydrogen-bond donors (Lipinski definition) is 1. The maximum atomic E-state index is 14.2. The quantitative estimate of drug-likeness (QED) is 0.789. The van der Waals surface area contributed by atoms with Crippen LogP contribution in [0, 0.1) is 5.82 Å². The molecule has 0 spiro atoms. The molecule has 1 aromatic carbocycles. The number of benzene rings is 1. The Bertz CT molecular complexity index is 465. The maximum Gasteiger partial charge on any atom is 0.224 e. The van der Waals surface area contributed by atoms with Crippen LogP contribution < -0.4 is 10.1 Å². The average Bonchev–Trinajstić information content (AvgIpc) is 2.44. The molecule has 0 fully saturated rings. The number of nitrogens with one attached hydrogen (secondary N) is 1. The molecule has 1 N–H and O–H groups in total. The SMILES string of the molecule is [B]Cc1ccc2c(c1F)NC(=O)CCCCCCO2. The Morgan fingerprint density at radius 1 is 1.26 bits per heavy atom. The molecule has 1 amide bonds. The molecule has 0 unspecified atom stereocenters. The molecule has 0 aliphatic carbocycles. The lowest BCUT2D eigenvalue weighted by atomic mass is 9.96. The van der Waals surface area contributed by atoms with Gasteiger partial charge in [0.25, 0.3) is 0 Å². The van der Waals surface area contributed by atoms with E-state index in [-0.39, 0.29) is 17.9 Å². The smallest absolute Gasteiger partial charge is 0.224 e. The maximum absolute atomic E-state index is 14.2. The van der Waals surface area contributed by atoms with Gasteiger partial charge in [-0.15, -0.1) is 0 Å². The van der Waals surface area contributed by atoms with Crippen LogP contribution in [0.25, 0.3) is 0 Å². The summed E-state index contributed by atoms with van der Waals surface area (Å²) in [6.45, 7) is 0.532. The van der Waals surface area contributed by atoms with Gasteiger partial charge in [-0.3, -0.25) is 4.79 Å². The highest BCUT2D eigenvalue weighted by Crippen LogP contribution is 2.31. The summed E-state index contributed by atoms with van der Waals surface area (Å²) in [5.41, 5.74) is 0.493. The minimum Gasteiger partial charge on any atom is -0.491 e. The first-order chi connectivity index (χ1) is 9.22. The number of ether oxygens (including phenoxy) is 1. The molecule has 0 saturated heterocycles. The van der Waals surface area contributed by atoms with E-state index in [1.54, 1.807) is 12.1 Å². The van der Waals surface area contributed by atoms with Crippen molar-refractivity contribution in [2.45, 2.75) is 38.4 Å². The first-order valence-corrected chi connectivity index (χ1v) is 6.66. The minimum absolute atomic E-state index is 0.0922.